The topological polar surface area (TPSA) is 80.5 Å². The molecule has 1 fully saturated rings. The minimum Gasteiger partial charge on any atom is -0.369 e. The van der Waals surface area contributed by atoms with E-state index in [4.69, 9.17) is 5.73 Å². The summed E-state index contributed by atoms with van der Waals surface area (Å²) in [4.78, 5) is 13.4. The number of nitrogens with two attached hydrogens (primary N) is 1. The lowest BCUT2D eigenvalue weighted by molar-refractivity contribution is -0.123. The molecule has 0 aliphatic carbocycles. The molecule has 1 aliphatic rings. The Morgan fingerprint density at radius 1 is 0.903 bits per heavy atom. The van der Waals surface area contributed by atoms with Crippen LogP contribution in [0, 0.1) is 12.8 Å². The third-order valence-corrected chi connectivity index (χ3v) is 8.15. The number of sulfonamides is 1. The molecule has 0 radical (unpaired) electrons. The van der Waals surface area contributed by atoms with E-state index in [1.807, 2.05) is 67.6 Å². The lowest BCUT2D eigenvalue weighted by Gasteiger charge is -2.37. The van der Waals surface area contributed by atoms with Crippen LogP contribution in [0.15, 0.2) is 89.8 Å². The molecule has 0 saturated carbocycles. The molecule has 1 aliphatic heterocycles. The zero-order chi connectivity index (χ0) is 22.1. The van der Waals surface area contributed by atoms with E-state index in [1.54, 1.807) is 24.3 Å². The second-order valence-corrected chi connectivity index (χ2v) is 10.0. The minimum atomic E-state index is -3.66. The summed E-state index contributed by atoms with van der Waals surface area (Å²) in [7, 11) is -3.66. The Hall–Kier alpha value is -2.96. The summed E-state index contributed by atoms with van der Waals surface area (Å²) in [5.41, 5.74) is 7.55. The molecule has 4 rings (SSSR count). The van der Waals surface area contributed by atoms with Crippen LogP contribution in [0.2, 0.25) is 0 Å². The van der Waals surface area contributed by atoms with Crippen molar-refractivity contribution in [2.75, 3.05) is 13.1 Å². The van der Waals surface area contributed by atoms with Crippen molar-refractivity contribution in [2.24, 2.45) is 11.7 Å². The van der Waals surface area contributed by atoms with Gasteiger partial charge in [-0.25, -0.2) is 8.42 Å². The maximum atomic E-state index is 13.3. The van der Waals surface area contributed by atoms with Crippen molar-refractivity contribution < 1.29 is 13.2 Å². The Morgan fingerprint density at radius 3 is 1.90 bits per heavy atom. The second kappa shape index (κ2) is 8.29. The summed E-state index contributed by atoms with van der Waals surface area (Å²) in [6.45, 7) is 2.49. The molecule has 1 amide bonds. The fourth-order valence-electron chi connectivity index (χ4n) is 4.69. The third kappa shape index (κ3) is 3.66. The van der Waals surface area contributed by atoms with E-state index in [-0.39, 0.29) is 17.4 Å². The first-order chi connectivity index (χ1) is 14.9. The number of nitrogens with zero attached hydrogens (tertiary/aromatic N) is 1. The maximum Gasteiger partial charge on any atom is 0.243 e. The van der Waals surface area contributed by atoms with Crippen molar-refractivity contribution in [3.63, 3.8) is 0 Å². The SMILES string of the molecule is Cc1ccc(S(=O)(=O)N2CCC(C(C(N)=O)(c3ccccc3)c3ccccc3)C2)cc1. The molecule has 3 aromatic carbocycles. The van der Waals surface area contributed by atoms with Crippen LogP contribution in [-0.2, 0) is 20.2 Å². The second-order valence-electron chi connectivity index (χ2n) is 8.07. The van der Waals surface area contributed by atoms with Crippen LogP contribution in [0.25, 0.3) is 0 Å². The molecule has 1 heterocycles. The van der Waals surface area contributed by atoms with Crippen molar-refractivity contribution in [2.45, 2.75) is 23.7 Å². The van der Waals surface area contributed by atoms with E-state index in [2.05, 4.69) is 0 Å². The van der Waals surface area contributed by atoms with Gasteiger partial charge < -0.3 is 5.73 Å². The highest BCUT2D eigenvalue weighted by atomic mass is 32.2. The average Bonchev–Trinajstić information content (AvgIpc) is 3.27. The molecule has 5 nitrogen and oxygen atoms in total. The fraction of sp³-hybridized carbons (Fsp3) is 0.240. The van der Waals surface area contributed by atoms with Gasteiger partial charge in [-0.3, -0.25) is 4.79 Å². The first-order valence-electron chi connectivity index (χ1n) is 10.3. The summed E-state index contributed by atoms with van der Waals surface area (Å²) in [6.07, 6.45) is 0.540. The molecule has 3 aromatic rings. The number of amides is 1. The Morgan fingerprint density at radius 2 is 1.42 bits per heavy atom. The minimum absolute atomic E-state index is 0.225. The molecule has 2 N–H and O–H groups in total. The standard InChI is InChI=1S/C25H26N2O3S/c1-19-12-14-23(15-13-19)31(29,30)27-17-16-22(18-27)25(24(26)28,20-8-4-2-5-9-20)21-10-6-3-7-11-21/h2-15,22H,16-18H2,1H3,(H2,26,28). The monoisotopic (exact) mass is 434 g/mol. The van der Waals surface area contributed by atoms with Crippen LogP contribution < -0.4 is 5.73 Å². The van der Waals surface area contributed by atoms with E-state index in [1.165, 1.54) is 4.31 Å². The van der Waals surface area contributed by atoms with Crippen LogP contribution in [0.1, 0.15) is 23.1 Å². The summed E-state index contributed by atoms with van der Waals surface area (Å²) in [5, 5.41) is 0. The van der Waals surface area contributed by atoms with Gasteiger partial charge in [-0.1, -0.05) is 78.4 Å². The third-order valence-electron chi connectivity index (χ3n) is 6.27. The molecule has 1 unspecified atom stereocenters. The van der Waals surface area contributed by atoms with Gasteiger partial charge in [0.25, 0.3) is 0 Å². The largest absolute Gasteiger partial charge is 0.369 e. The number of benzene rings is 3. The molecule has 6 heteroatoms. The quantitative estimate of drug-likeness (QED) is 0.645. The van der Waals surface area contributed by atoms with E-state index in [9.17, 15) is 13.2 Å². The van der Waals surface area contributed by atoms with Gasteiger partial charge in [0.05, 0.1) is 4.90 Å². The Labute approximate surface area is 183 Å². The number of hydrogen-bond acceptors (Lipinski definition) is 3. The average molecular weight is 435 g/mol. The zero-order valence-corrected chi connectivity index (χ0v) is 18.3. The zero-order valence-electron chi connectivity index (χ0n) is 17.4. The normalized spacial score (nSPS) is 17.5. The van der Waals surface area contributed by atoms with Crippen molar-refractivity contribution >= 4 is 15.9 Å². The Balaban J connectivity index is 1.78. The van der Waals surface area contributed by atoms with Crippen molar-refractivity contribution in [3.05, 3.63) is 102 Å². The molecule has 31 heavy (non-hydrogen) atoms. The first kappa shape index (κ1) is 21.3. The number of carbonyl (C=O) groups is 1. The predicted molar refractivity (Wildman–Crippen MR) is 121 cm³/mol. The van der Waals surface area contributed by atoms with E-state index >= 15 is 0 Å². The van der Waals surface area contributed by atoms with Gasteiger partial charge in [-0.2, -0.15) is 4.31 Å². The highest BCUT2D eigenvalue weighted by Crippen LogP contribution is 2.44. The molecular weight excluding hydrogens is 408 g/mol. The molecule has 0 spiro atoms. The molecule has 1 saturated heterocycles. The highest BCUT2D eigenvalue weighted by Gasteiger charge is 2.51. The van der Waals surface area contributed by atoms with Gasteiger partial charge in [0.2, 0.25) is 15.9 Å². The molecule has 160 valence electrons. The number of aryl methyl sites for hydroxylation is 1. The van der Waals surface area contributed by atoms with E-state index in [0.717, 1.165) is 16.7 Å². The summed E-state index contributed by atoms with van der Waals surface area (Å²) < 4.78 is 28.0. The van der Waals surface area contributed by atoms with Crippen LogP contribution in [0.5, 0.6) is 0 Å². The van der Waals surface area contributed by atoms with Crippen molar-refractivity contribution in [3.8, 4) is 0 Å². The summed E-state index contributed by atoms with van der Waals surface area (Å²) >= 11 is 0. The Kier molecular flexibility index (Phi) is 5.69. The number of primary amides is 1. The first-order valence-corrected chi connectivity index (χ1v) is 11.8. The van der Waals surface area contributed by atoms with Gasteiger partial charge in [-0.05, 0) is 42.5 Å². The van der Waals surface area contributed by atoms with Gasteiger partial charge in [0.1, 0.15) is 5.41 Å². The number of rotatable bonds is 6. The van der Waals surface area contributed by atoms with Gasteiger partial charge in [-0.15, -0.1) is 0 Å². The van der Waals surface area contributed by atoms with Crippen LogP contribution in [-0.4, -0.2) is 31.7 Å². The van der Waals surface area contributed by atoms with Gasteiger partial charge >= 0.3 is 0 Å². The molecule has 0 aromatic heterocycles. The molecule has 1 atom stereocenters. The number of carbonyl (C=O) groups excluding carboxylic acids is 1. The van der Waals surface area contributed by atoms with E-state index < -0.39 is 21.3 Å². The maximum absolute atomic E-state index is 13.3. The van der Waals surface area contributed by atoms with Crippen LogP contribution in [0.4, 0.5) is 0 Å². The van der Waals surface area contributed by atoms with E-state index in [0.29, 0.717) is 13.0 Å². The Bertz CT molecular complexity index is 1120. The number of hydrogen-bond donors (Lipinski definition) is 1. The van der Waals surface area contributed by atoms with Crippen molar-refractivity contribution in [1.29, 1.82) is 0 Å². The van der Waals surface area contributed by atoms with Crippen LogP contribution in [0.3, 0.4) is 0 Å². The fourth-order valence-corrected chi connectivity index (χ4v) is 6.19. The van der Waals surface area contributed by atoms with Crippen LogP contribution >= 0.6 is 0 Å². The lowest BCUT2D eigenvalue weighted by atomic mass is 9.65. The van der Waals surface area contributed by atoms with Gasteiger partial charge in [0, 0.05) is 13.1 Å². The smallest absolute Gasteiger partial charge is 0.243 e. The van der Waals surface area contributed by atoms with Gasteiger partial charge in [0.15, 0.2) is 0 Å². The molecular formula is C25H26N2O3S. The highest BCUT2D eigenvalue weighted by molar-refractivity contribution is 7.89. The molecule has 0 bridgehead atoms. The summed E-state index contributed by atoms with van der Waals surface area (Å²) in [5.74, 6) is -0.750. The summed E-state index contributed by atoms with van der Waals surface area (Å²) in [6, 6.07) is 25.8. The lowest BCUT2D eigenvalue weighted by Crippen LogP contribution is -2.49. The van der Waals surface area contributed by atoms with Crippen molar-refractivity contribution in [1.82, 2.24) is 4.31 Å². The predicted octanol–water partition coefficient (Wildman–Crippen LogP) is 3.48.